The predicted molar refractivity (Wildman–Crippen MR) is 70.4 cm³/mol. The SMILES string of the molecule is CC(Br)C(=O)Nc1cnn(CC(=O)NC2CC2)c1. The second-order valence-corrected chi connectivity index (χ2v) is 5.75. The third kappa shape index (κ3) is 3.83. The van der Waals surface area contributed by atoms with Crippen molar-refractivity contribution in [1.29, 1.82) is 0 Å². The molecule has 1 fully saturated rings. The Labute approximate surface area is 113 Å². The van der Waals surface area contributed by atoms with Crippen molar-refractivity contribution in [3.05, 3.63) is 12.4 Å². The number of nitrogens with one attached hydrogen (secondary N) is 2. The van der Waals surface area contributed by atoms with E-state index in [4.69, 9.17) is 0 Å². The van der Waals surface area contributed by atoms with E-state index >= 15 is 0 Å². The Morgan fingerprint density at radius 1 is 1.61 bits per heavy atom. The molecule has 1 aliphatic carbocycles. The summed E-state index contributed by atoms with van der Waals surface area (Å²) in [7, 11) is 0. The Balaban J connectivity index is 1.85. The molecule has 2 amide bonds. The lowest BCUT2D eigenvalue weighted by molar-refractivity contribution is -0.122. The van der Waals surface area contributed by atoms with Gasteiger partial charge in [0.05, 0.1) is 16.7 Å². The van der Waals surface area contributed by atoms with Gasteiger partial charge in [0.2, 0.25) is 11.8 Å². The van der Waals surface area contributed by atoms with Gasteiger partial charge in [0.1, 0.15) is 6.54 Å². The van der Waals surface area contributed by atoms with Crippen molar-refractivity contribution in [3.8, 4) is 0 Å². The molecule has 1 aromatic heterocycles. The van der Waals surface area contributed by atoms with E-state index < -0.39 is 0 Å². The summed E-state index contributed by atoms with van der Waals surface area (Å²) in [5.41, 5.74) is 0.588. The molecular formula is C11H15BrN4O2. The number of anilines is 1. The van der Waals surface area contributed by atoms with Crippen LogP contribution in [-0.4, -0.2) is 32.5 Å². The second kappa shape index (κ2) is 5.51. The average Bonchev–Trinajstić information content (AvgIpc) is 2.99. The van der Waals surface area contributed by atoms with Gasteiger partial charge in [-0.3, -0.25) is 14.3 Å². The highest BCUT2D eigenvalue weighted by Gasteiger charge is 2.23. The highest BCUT2D eigenvalue weighted by Crippen LogP contribution is 2.18. The minimum atomic E-state index is -0.265. The van der Waals surface area contributed by atoms with Crippen molar-refractivity contribution in [1.82, 2.24) is 15.1 Å². The Bertz CT molecular complexity index is 454. The highest BCUT2D eigenvalue weighted by atomic mass is 79.9. The summed E-state index contributed by atoms with van der Waals surface area (Å²) in [6.45, 7) is 1.92. The average molecular weight is 315 g/mol. The fraction of sp³-hybridized carbons (Fsp3) is 0.545. The molecule has 1 aromatic rings. The molecule has 98 valence electrons. The van der Waals surface area contributed by atoms with Crippen LogP contribution in [0.3, 0.4) is 0 Å². The maximum absolute atomic E-state index is 11.5. The maximum Gasteiger partial charge on any atom is 0.241 e. The number of hydrogen-bond donors (Lipinski definition) is 2. The van der Waals surface area contributed by atoms with Crippen molar-refractivity contribution >= 4 is 33.4 Å². The molecule has 2 N–H and O–H groups in total. The lowest BCUT2D eigenvalue weighted by Gasteiger charge is -2.04. The van der Waals surface area contributed by atoms with E-state index in [1.54, 1.807) is 13.1 Å². The number of hydrogen-bond acceptors (Lipinski definition) is 3. The third-order valence-corrected chi connectivity index (χ3v) is 2.93. The third-order valence-electron chi connectivity index (χ3n) is 2.51. The Morgan fingerprint density at radius 2 is 2.33 bits per heavy atom. The molecule has 1 unspecified atom stereocenters. The Hall–Kier alpha value is -1.37. The fourth-order valence-corrected chi connectivity index (χ4v) is 1.52. The molecule has 2 rings (SSSR count). The predicted octanol–water partition coefficient (Wildman–Crippen LogP) is 0.884. The van der Waals surface area contributed by atoms with E-state index in [-0.39, 0.29) is 23.2 Å². The van der Waals surface area contributed by atoms with Crippen molar-refractivity contribution < 1.29 is 9.59 Å². The molecule has 6 nitrogen and oxygen atoms in total. The highest BCUT2D eigenvalue weighted by molar-refractivity contribution is 9.10. The quantitative estimate of drug-likeness (QED) is 0.792. The number of halogens is 1. The van der Waals surface area contributed by atoms with Gasteiger partial charge in [-0.15, -0.1) is 0 Å². The Kier molecular flexibility index (Phi) is 4.00. The van der Waals surface area contributed by atoms with Crippen LogP contribution in [0.1, 0.15) is 19.8 Å². The smallest absolute Gasteiger partial charge is 0.241 e. The lowest BCUT2D eigenvalue weighted by Crippen LogP contribution is -2.29. The molecule has 1 saturated carbocycles. The van der Waals surface area contributed by atoms with E-state index in [0.29, 0.717) is 11.7 Å². The second-order valence-electron chi connectivity index (χ2n) is 4.37. The van der Waals surface area contributed by atoms with Gasteiger partial charge in [-0.1, -0.05) is 15.9 Å². The first kappa shape index (κ1) is 13.1. The van der Waals surface area contributed by atoms with E-state index in [9.17, 15) is 9.59 Å². The van der Waals surface area contributed by atoms with E-state index in [2.05, 4.69) is 31.7 Å². The van der Waals surface area contributed by atoms with E-state index in [1.165, 1.54) is 10.9 Å². The number of carbonyl (C=O) groups excluding carboxylic acids is 2. The number of carbonyl (C=O) groups is 2. The van der Waals surface area contributed by atoms with Crippen molar-refractivity contribution in [3.63, 3.8) is 0 Å². The summed E-state index contributed by atoms with van der Waals surface area (Å²) in [6.07, 6.45) is 5.29. The normalized spacial score (nSPS) is 16.1. The molecule has 1 heterocycles. The summed E-state index contributed by atoms with van der Waals surface area (Å²) < 4.78 is 1.51. The summed E-state index contributed by atoms with van der Waals surface area (Å²) in [5, 5.41) is 9.59. The number of amides is 2. The minimum Gasteiger partial charge on any atom is -0.352 e. The monoisotopic (exact) mass is 314 g/mol. The van der Waals surface area contributed by atoms with Crippen LogP contribution in [0.2, 0.25) is 0 Å². The molecule has 0 bridgehead atoms. The number of rotatable bonds is 5. The zero-order valence-corrected chi connectivity index (χ0v) is 11.6. The van der Waals surface area contributed by atoms with Crippen LogP contribution in [0.4, 0.5) is 5.69 Å². The molecule has 1 aliphatic rings. The minimum absolute atomic E-state index is 0.0488. The van der Waals surface area contributed by atoms with Gasteiger partial charge >= 0.3 is 0 Å². The fourth-order valence-electron chi connectivity index (χ4n) is 1.40. The first-order valence-electron chi connectivity index (χ1n) is 5.81. The summed E-state index contributed by atoms with van der Waals surface area (Å²) in [5.74, 6) is -0.190. The molecule has 0 aliphatic heterocycles. The largest absolute Gasteiger partial charge is 0.352 e. The number of aromatic nitrogens is 2. The maximum atomic E-state index is 11.5. The molecule has 7 heteroatoms. The molecule has 0 aromatic carbocycles. The number of nitrogens with zero attached hydrogens (tertiary/aromatic N) is 2. The molecule has 18 heavy (non-hydrogen) atoms. The standard InChI is InChI=1S/C11H15BrN4O2/c1-7(12)11(18)15-9-4-13-16(5-9)6-10(17)14-8-2-3-8/h4-5,7-8H,2-3,6H2,1H3,(H,14,17)(H,15,18). The van der Waals surface area contributed by atoms with Gasteiger partial charge in [-0.05, 0) is 19.8 Å². The van der Waals surface area contributed by atoms with Crippen LogP contribution >= 0.6 is 15.9 Å². The molecule has 0 radical (unpaired) electrons. The van der Waals surface area contributed by atoms with Crippen molar-refractivity contribution in [2.24, 2.45) is 0 Å². The molecule has 0 saturated heterocycles. The van der Waals surface area contributed by atoms with Gasteiger partial charge in [-0.2, -0.15) is 5.10 Å². The first-order chi connectivity index (χ1) is 8.54. The van der Waals surface area contributed by atoms with Gasteiger partial charge in [0.15, 0.2) is 0 Å². The first-order valence-corrected chi connectivity index (χ1v) is 6.73. The molecule has 1 atom stereocenters. The Morgan fingerprint density at radius 3 is 2.94 bits per heavy atom. The summed E-state index contributed by atoms with van der Waals surface area (Å²) in [4.78, 5) is 22.7. The van der Waals surface area contributed by atoms with Crippen LogP contribution in [0, 0.1) is 0 Å². The lowest BCUT2D eigenvalue weighted by atomic mass is 10.4. The van der Waals surface area contributed by atoms with Crippen molar-refractivity contribution in [2.45, 2.75) is 37.2 Å². The van der Waals surface area contributed by atoms with Crippen LogP contribution < -0.4 is 10.6 Å². The van der Waals surface area contributed by atoms with Crippen LogP contribution in [0.15, 0.2) is 12.4 Å². The summed E-state index contributed by atoms with van der Waals surface area (Å²) in [6, 6.07) is 0.349. The van der Waals surface area contributed by atoms with E-state index in [1.807, 2.05) is 0 Å². The topological polar surface area (TPSA) is 76.0 Å². The molecular weight excluding hydrogens is 300 g/mol. The van der Waals surface area contributed by atoms with Crippen LogP contribution in [0.5, 0.6) is 0 Å². The van der Waals surface area contributed by atoms with Crippen molar-refractivity contribution in [2.75, 3.05) is 5.32 Å². The van der Waals surface area contributed by atoms with Gasteiger partial charge in [0.25, 0.3) is 0 Å². The molecule has 0 spiro atoms. The van der Waals surface area contributed by atoms with Gasteiger partial charge < -0.3 is 10.6 Å². The van der Waals surface area contributed by atoms with Gasteiger partial charge in [0, 0.05) is 12.2 Å². The van der Waals surface area contributed by atoms with E-state index in [0.717, 1.165) is 12.8 Å². The number of alkyl halides is 1. The zero-order valence-electron chi connectivity index (χ0n) is 10.0. The zero-order chi connectivity index (χ0) is 13.1. The summed E-state index contributed by atoms with van der Waals surface area (Å²) >= 11 is 3.18. The van der Waals surface area contributed by atoms with Crippen LogP contribution in [-0.2, 0) is 16.1 Å². The van der Waals surface area contributed by atoms with Gasteiger partial charge in [-0.25, -0.2) is 0 Å². The van der Waals surface area contributed by atoms with Crippen LogP contribution in [0.25, 0.3) is 0 Å².